The summed E-state index contributed by atoms with van der Waals surface area (Å²) in [6.45, 7) is 0. The van der Waals surface area contributed by atoms with Gasteiger partial charge in [-0.25, -0.2) is 0 Å². The second-order valence-corrected chi connectivity index (χ2v) is 10.2. The van der Waals surface area contributed by atoms with E-state index in [1.807, 2.05) is 84.9 Å². The van der Waals surface area contributed by atoms with E-state index in [9.17, 15) is 9.59 Å². The average molecular weight is 561 g/mol. The highest BCUT2D eigenvalue weighted by Gasteiger charge is 2.15. The lowest BCUT2D eigenvalue weighted by atomic mass is 10.0. The van der Waals surface area contributed by atoms with Gasteiger partial charge in [-0.3, -0.25) is 9.59 Å². The van der Waals surface area contributed by atoms with Crippen LogP contribution >= 0.6 is 23.2 Å². The summed E-state index contributed by atoms with van der Waals surface area (Å²) in [6, 6.07) is 37.6. The first-order valence-corrected chi connectivity index (χ1v) is 13.4. The Kier molecular flexibility index (Phi) is 6.95. The maximum absolute atomic E-state index is 13.1. The summed E-state index contributed by atoms with van der Waals surface area (Å²) >= 11 is 13.2. The van der Waals surface area contributed by atoms with Gasteiger partial charge in [0.15, 0.2) is 0 Å². The van der Waals surface area contributed by atoms with Crippen molar-refractivity contribution in [2.45, 2.75) is 0 Å². The lowest BCUT2D eigenvalue weighted by Gasteiger charge is -2.13. The highest BCUT2D eigenvalue weighted by molar-refractivity contribution is 6.35. The number of fused-ring (bicyclic) bond motifs is 2. The molecule has 0 saturated carbocycles. The summed E-state index contributed by atoms with van der Waals surface area (Å²) in [5.41, 5.74) is 3.81. The molecule has 6 heteroatoms. The molecule has 0 atom stereocenters. The molecule has 0 aliphatic rings. The van der Waals surface area contributed by atoms with Gasteiger partial charge in [-0.05, 0) is 69.1 Å². The van der Waals surface area contributed by atoms with Crippen molar-refractivity contribution < 1.29 is 9.59 Å². The predicted molar refractivity (Wildman–Crippen MR) is 166 cm³/mol. The summed E-state index contributed by atoms with van der Waals surface area (Å²) in [4.78, 5) is 26.1. The van der Waals surface area contributed by atoms with Gasteiger partial charge in [0.05, 0.1) is 21.4 Å². The Morgan fingerprint density at radius 2 is 0.875 bits per heavy atom. The molecule has 0 radical (unpaired) electrons. The van der Waals surface area contributed by atoms with Crippen LogP contribution in [0.2, 0.25) is 10.0 Å². The number of hydrogen-bond acceptors (Lipinski definition) is 2. The zero-order valence-electron chi connectivity index (χ0n) is 21.1. The van der Waals surface area contributed by atoms with Gasteiger partial charge in [-0.15, -0.1) is 0 Å². The summed E-state index contributed by atoms with van der Waals surface area (Å²) in [6.07, 6.45) is 0. The normalized spacial score (nSPS) is 10.9. The van der Waals surface area contributed by atoms with E-state index in [4.69, 9.17) is 23.2 Å². The Labute approximate surface area is 241 Å². The third-order valence-corrected chi connectivity index (χ3v) is 7.46. The van der Waals surface area contributed by atoms with Crippen molar-refractivity contribution in [1.82, 2.24) is 0 Å². The highest BCUT2D eigenvalue weighted by atomic mass is 35.5. The zero-order chi connectivity index (χ0) is 27.6. The third-order valence-electron chi connectivity index (χ3n) is 6.84. The lowest BCUT2D eigenvalue weighted by molar-refractivity contribution is 0.102. The van der Waals surface area contributed by atoms with Crippen molar-refractivity contribution in [3.63, 3.8) is 0 Å². The topological polar surface area (TPSA) is 58.2 Å². The quantitative estimate of drug-likeness (QED) is 0.220. The minimum Gasteiger partial charge on any atom is -0.321 e. The van der Waals surface area contributed by atoms with Gasteiger partial charge in [0, 0.05) is 11.1 Å². The van der Waals surface area contributed by atoms with Crippen LogP contribution in [0.25, 0.3) is 32.7 Å². The van der Waals surface area contributed by atoms with Gasteiger partial charge in [0.25, 0.3) is 11.8 Å². The highest BCUT2D eigenvalue weighted by Crippen LogP contribution is 2.33. The number of carbonyl (C=O) groups excluding carboxylic acids is 2. The number of rotatable bonds is 5. The van der Waals surface area contributed by atoms with Crippen LogP contribution in [0.4, 0.5) is 11.4 Å². The molecule has 2 amide bonds. The molecule has 194 valence electrons. The first-order chi connectivity index (χ1) is 19.5. The largest absolute Gasteiger partial charge is 0.321 e. The average Bonchev–Trinajstić information content (AvgIpc) is 2.98. The number of hydrogen-bond donors (Lipinski definition) is 2. The fourth-order valence-electron chi connectivity index (χ4n) is 4.82. The van der Waals surface area contributed by atoms with Crippen LogP contribution in [0, 0.1) is 0 Å². The van der Waals surface area contributed by atoms with Gasteiger partial charge < -0.3 is 10.6 Å². The van der Waals surface area contributed by atoms with E-state index in [1.54, 1.807) is 36.4 Å². The fourth-order valence-corrected chi connectivity index (χ4v) is 5.27. The van der Waals surface area contributed by atoms with E-state index in [0.29, 0.717) is 32.5 Å². The molecule has 0 unspecified atom stereocenters. The minimum absolute atomic E-state index is 0.235. The van der Waals surface area contributed by atoms with E-state index >= 15 is 0 Å². The maximum Gasteiger partial charge on any atom is 0.256 e. The number of carbonyl (C=O) groups is 2. The standard InChI is InChI=1S/C34H22Cl2N2O2/c35-29-19-23(15-17-31(29)37-33(39)27-13-5-9-21-7-1-3-11-25(21)27)24-16-18-32(30(36)20-24)38-34(40)28-14-6-10-22-8-2-4-12-26(22)28/h1-20H,(H,37,39)(H,38,40). The second-order valence-electron chi connectivity index (χ2n) is 9.35. The third kappa shape index (κ3) is 5.03. The van der Waals surface area contributed by atoms with E-state index in [-0.39, 0.29) is 11.8 Å². The molecule has 40 heavy (non-hydrogen) atoms. The van der Waals surface area contributed by atoms with Crippen LogP contribution < -0.4 is 10.6 Å². The smallest absolute Gasteiger partial charge is 0.256 e. The molecule has 6 aromatic rings. The number of anilines is 2. The molecule has 2 N–H and O–H groups in total. The van der Waals surface area contributed by atoms with Crippen LogP contribution in [0.15, 0.2) is 121 Å². The first kappa shape index (κ1) is 25.6. The minimum atomic E-state index is -0.235. The van der Waals surface area contributed by atoms with Crippen molar-refractivity contribution in [1.29, 1.82) is 0 Å². The van der Waals surface area contributed by atoms with Crippen LogP contribution in [0.3, 0.4) is 0 Å². The number of amides is 2. The van der Waals surface area contributed by atoms with Crippen LogP contribution in [0.1, 0.15) is 20.7 Å². The van der Waals surface area contributed by atoms with Crippen molar-refractivity contribution in [2.75, 3.05) is 10.6 Å². The number of halogens is 2. The van der Waals surface area contributed by atoms with Crippen LogP contribution in [-0.2, 0) is 0 Å². The Morgan fingerprint density at radius 1 is 0.475 bits per heavy atom. The molecule has 0 heterocycles. The van der Waals surface area contributed by atoms with Crippen molar-refractivity contribution in [3.05, 3.63) is 142 Å². The summed E-state index contributed by atoms with van der Waals surface area (Å²) in [5, 5.41) is 10.4. The Morgan fingerprint density at radius 3 is 1.30 bits per heavy atom. The fraction of sp³-hybridized carbons (Fsp3) is 0. The van der Waals surface area contributed by atoms with Crippen molar-refractivity contribution in [2.24, 2.45) is 0 Å². The molecule has 6 rings (SSSR count). The molecule has 0 aliphatic heterocycles. The molecule has 0 aliphatic carbocycles. The van der Waals surface area contributed by atoms with E-state index < -0.39 is 0 Å². The molecular formula is C34H22Cl2N2O2. The Bertz CT molecular complexity index is 1780. The SMILES string of the molecule is O=C(Nc1ccc(-c2ccc(NC(=O)c3cccc4ccccc34)c(Cl)c2)cc1Cl)c1cccc2ccccc12. The Hall–Kier alpha value is -4.64. The van der Waals surface area contributed by atoms with Gasteiger partial charge in [-0.2, -0.15) is 0 Å². The summed E-state index contributed by atoms with van der Waals surface area (Å²) < 4.78 is 0. The summed E-state index contributed by atoms with van der Waals surface area (Å²) in [5.74, 6) is -0.471. The molecular weight excluding hydrogens is 539 g/mol. The monoisotopic (exact) mass is 560 g/mol. The maximum atomic E-state index is 13.1. The van der Waals surface area contributed by atoms with E-state index in [1.165, 1.54) is 0 Å². The van der Waals surface area contributed by atoms with Gasteiger partial charge in [0.1, 0.15) is 0 Å². The molecule has 4 nitrogen and oxygen atoms in total. The molecule has 6 aromatic carbocycles. The molecule has 0 saturated heterocycles. The van der Waals surface area contributed by atoms with Crippen molar-refractivity contribution in [3.8, 4) is 11.1 Å². The van der Waals surface area contributed by atoms with E-state index in [0.717, 1.165) is 32.7 Å². The molecule has 0 fully saturated rings. The molecule has 0 bridgehead atoms. The van der Waals surface area contributed by atoms with E-state index in [2.05, 4.69) is 10.6 Å². The van der Waals surface area contributed by atoms with Gasteiger partial charge in [-0.1, -0.05) is 108 Å². The molecule has 0 aromatic heterocycles. The van der Waals surface area contributed by atoms with Crippen molar-refractivity contribution >= 4 is 67.9 Å². The molecule has 0 spiro atoms. The van der Waals surface area contributed by atoms with Gasteiger partial charge in [0.2, 0.25) is 0 Å². The Balaban J connectivity index is 1.20. The van der Waals surface area contributed by atoms with Crippen LogP contribution in [0.5, 0.6) is 0 Å². The predicted octanol–water partition coefficient (Wildman–Crippen LogP) is 9.47. The first-order valence-electron chi connectivity index (χ1n) is 12.7. The lowest BCUT2D eigenvalue weighted by Crippen LogP contribution is -2.13. The van der Waals surface area contributed by atoms with Crippen LogP contribution in [-0.4, -0.2) is 11.8 Å². The summed E-state index contributed by atoms with van der Waals surface area (Å²) in [7, 11) is 0. The number of nitrogens with one attached hydrogen (secondary N) is 2. The second kappa shape index (κ2) is 10.9. The van der Waals surface area contributed by atoms with Gasteiger partial charge >= 0.3 is 0 Å². The zero-order valence-corrected chi connectivity index (χ0v) is 22.6. The number of benzene rings is 6.